The number of carbonyl (C=O) groups is 2. The van der Waals surface area contributed by atoms with Crippen LogP contribution in [0.3, 0.4) is 0 Å². The molecule has 0 aliphatic heterocycles. The first-order chi connectivity index (χ1) is 13.8. The highest BCUT2D eigenvalue weighted by Crippen LogP contribution is 2.17. The van der Waals surface area contributed by atoms with Crippen molar-refractivity contribution in [2.24, 2.45) is 5.92 Å². The normalized spacial score (nSPS) is 11.8. The second kappa shape index (κ2) is 10.6. The van der Waals surface area contributed by atoms with E-state index in [2.05, 4.69) is 5.32 Å². The predicted molar refractivity (Wildman–Crippen MR) is 111 cm³/mol. The van der Waals surface area contributed by atoms with Crippen LogP contribution < -0.4 is 10.1 Å². The van der Waals surface area contributed by atoms with E-state index < -0.39 is 11.9 Å². The van der Waals surface area contributed by atoms with Crippen LogP contribution in [-0.2, 0) is 16.1 Å². The molecule has 2 aromatic carbocycles. The van der Waals surface area contributed by atoms with E-state index in [1.54, 1.807) is 31.2 Å². The van der Waals surface area contributed by atoms with E-state index in [4.69, 9.17) is 4.74 Å². The summed E-state index contributed by atoms with van der Waals surface area (Å²) in [6, 6.07) is 12.9. The molecule has 6 heteroatoms. The predicted octanol–water partition coefficient (Wildman–Crippen LogP) is 3.70. The number of hydrogen-bond acceptors (Lipinski definition) is 3. The minimum Gasteiger partial charge on any atom is -0.484 e. The zero-order valence-corrected chi connectivity index (χ0v) is 17.4. The summed E-state index contributed by atoms with van der Waals surface area (Å²) in [4.78, 5) is 26.8. The van der Waals surface area contributed by atoms with Gasteiger partial charge in [-0.2, -0.15) is 0 Å². The van der Waals surface area contributed by atoms with Gasteiger partial charge in [-0.1, -0.05) is 50.2 Å². The molecule has 156 valence electrons. The number of para-hydroxylation sites is 1. The second-order valence-electron chi connectivity index (χ2n) is 7.48. The summed E-state index contributed by atoms with van der Waals surface area (Å²) in [5.41, 5.74) is 1.25. The Balaban J connectivity index is 2.16. The maximum absolute atomic E-state index is 14.2. The van der Waals surface area contributed by atoms with Crippen molar-refractivity contribution < 1.29 is 18.7 Å². The molecular formula is C23H29FN2O3. The number of hydrogen-bond donors (Lipinski definition) is 1. The molecule has 0 aliphatic carbocycles. The minimum absolute atomic E-state index is 0.0150. The van der Waals surface area contributed by atoms with Crippen LogP contribution in [0.2, 0.25) is 0 Å². The van der Waals surface area contributed by atoms with Gasteiger partial charge in [0.2, 0.25) is 5.91 Å². The molecule has 0 saturated carbocycles. The standard InChI is InChI=1S/C23H29FN2O3/c1-16(2)13-25-23(28)18(4)26(14-19-10-6-7-11-20(19)24)22(27)15-29-21-12-8-5-9-17(21)3/h5-12,16,18H,13-15H2,1-4H3,(H,25,28). The van der Waals surface area contributed by atoms with E-state index >= 15 is 0 Å². The molecule has 1 N–H and O–H groups in total. The average Bonchev–Trinajstić information content (AvgIpc) is 2.70. The summed E-state index contributed by atoms with van der Waals surface area (Å²) >= 11 is 0. The van der Waals surface area contributed by atoms with Gasteiger partial charge in [0.25, 0.3) is 5.91 Å². The summed E-state index contributed by atoms with van der Waals surface area (Å²) in [5.74, 6) is -0.197. The molecule has 5 nitrogen and oxygen atoms in total. The number of ether oxygens (including phenoxy) is 1. The van der Waals surface area contributed by atoms with Gasteiger partial charge in [-0.3, -0.25) is 9.59 Å². The average molecular weight is 400 g/mol. The van der Waals surface area contributed by atoms with Gasteiger partial charge in [0, 0.05) is 18.7 Å². The second-order valence-corrected chi connectivity index (χ2v) is 7.48. The number of halogens is 1. The fraction of sp³-hybridized carbons (Fsp3) is 0.391. The van der Waals surface area contributed by atoms with E-state index in [9.17, 15) is 14.0 Å². The molecule has 0 radical (unpaired) electrons. The van der Waals surface area contributed by atoms with Crippen molar-refractivity contribution in [3.8, 4) is 5.75 Å². The van der Waals surface area contributed by atoms with Gasteiger partial charge in [-0.15, -0.1) is 0 Å². The molecule has 0 saturated heterocycles. The molecule has 1 atom stereocenters. The summed E-state index contributed by atoms with van der Waals surface area (Å²) in [5, 5.41) is 2.83. The van der Waals surface area contributed by atoms with Crippen molar-refractivity contribution >= 4 is 11.8 Å². The van der Waals surface area contributed by atoms with Crippen LogP contribution in [0, 0.1) is 18.7 Å². The van der Waals surface area contributed by atoms with Crippen molar-refractivity contribution in [1.82, 2.24) is 10.2 Å². The lowest BCUT2D eigenvalue weighted by Gasteiger charge is -2.29. The topological polar surface area (TPSA) is 58.6 Å². The third-order valence-corrected chi connectivity index (χ3v) is 4.60. The maximum atomic E-state index is 14.2. The smallest absolute Gasteiger partial charge is 0.261 e. The Bertz CT molecular complexity index is 838. The van der Waals surface area contributed by atoms with Crippen LogP contribution in [0.15, 0.2) is 48.5 Å². The largest absolute Gasteiger partial charge is 0.484 e. The van der Waals surface area contributed by atoms with Crippen LogP contribution in [0.4, 0.5) is 4.39 Å². The first-order valence-electron chi connectivity index (χ1n) is 9.78. The molecule has 2 aromatic rings. The van der Waals surface area contributed by atoms with Gasteiger partial charge in [0.1, 0.15) is 17.6 Å². The lowest BCUT2D eigenvalue weighted by molar-refractivity contribution is -0.142. The number of nitrogens with one attached hydrogen (secondary N) is 1. The molecule has 0 aliphatic rings. The molecule has 0 spiro atoms. The molecule has 0 heterocycles. The van der Waals surface area contributed by atoms with Gasteiger partial charge < -0.3 is 15.0 Å². The quantitative estimate of drug-likeness (QED) is 0.698. The van der Waals surface area contributed by atoms with E-state index in [0.717, 1.165) is 5.56 Å². The summed E-state index contributed by atoms with van der Waals surface area (Å²) in [6.45, 7) is 7.76. The fourth-order valence-electron chi connectivity index (χ4n) is 2.79. The van der Waals surface area contributed by atoms with E-state index in [-0.39, 0.29) is 30.9 Å². The summed E-state index contributed by atoms with van der Waals surface area (Å²) < 4.78 is 19.8. The third-order valence-electron chi connectivity index (χ3n) is 4.60. The van der Waals surface area contributed by atoms with Crippen LogP contribution in [0.25, 0.3) is 0 Å². The van der Waals surface area contributed by atoms with Crippen molar-refractivity contribution in [2.45, 2.75) is 40.3 Å². The highest BCUT2D eigenvalue weighted by Gasteiger charge is 2.27. The maximum Gasteiger partial charge on any atom is 0.261 e. The zero-order chi connectivity index (χ0) is 21.4. The van der Waals surface area contributed by atoms with E-state index in [1.807, 2.05) is 39.0 Å². The Morgan fingerprint density at radius 3 is 2.38 bits per heavy atom. The SMILES string of the molecule is Cc1ccccc1OCC(=O)N(Cc1ccccc1F)C(C)C(=O)NCC(C)C. The Labute approximate surface area is 171 Å². The molecule has 29 heavy (non-hydrogen) atoms. The number of carbonyl (C=O) groups excluding carboxylic acids is 2. The van der Waals surface area contributed by atoms with Crippen molar-refractivity contribution in [3.63, 3.8) is 0 Å². The van der Waals surface area contributed by atoms with Gasteiger partial charge >= 0.3 is 0 Å². The number of rotatable bonds is 9. The highest BCUT2D eigenvalue weighted by molar-refractivity contribution is 5.88. The Kier molecular flexibility index (Phi) is 8.19. The van der Waals surface area contributed by atoms with Gasteiger partial charge in [-0.05, 0) is 37.5 Å². The van der Waals surface area contributed by atoms with Crippen LogP contribution in [-0.4, -0.2) is 35.9 Å². The van der Waals surface area contributed by atoms with E-state index in [0.29, 0.717) is 17.9 Å². The van der Waals surface area contributed by atoms with Crippen LogP contribution in [0.5, 0.6) is 5.75 Å². The molecule has 1 unspecified atom stereocenters. The molecule has 0 fully saturated rings. The Morgan fingerprint density at radius 1 is 1.07 bits per heavy atom. The molecule has 0 aromatic heterocycles. The monoisotopic (exact) mass is 400 g/mol. The van der Waals surface area contributed by atoms with E-state index in [1.165, 1.54) is 11.0 Å². The fourth-order valence-corrected chi connectivity index (χ4v) is 2.79. The first-order valence-corrected chi connectivity index (χ1v) is 9.78. The lowest BCUT2D eigenvalue weighted by Crippen LogP contribution is -2.49. The number of benzene rings is 2. The van der Waals surface area contributed by atoms with Crippen LogP contribution in [0.1, 0.15) is 31.9 Å². The molecular weight excluding hydrogens is 371 g/mol. The first kappa shape index (κ1) is 22.4. The van der Waals surface area contributed by atoms with Crippen molar-refractivity contribution in [3.05, 3.63) is 65.5 Å². The van der Waals surface area contributed by atoms with Crippen molar-refractivity contribution in [1.29, 1.82) is 0 Å². The molecule has 2 rings (SSSR count). The Hall–Kier alpha value is -2.89. The van der Waals surface area contributed by atoms with Crippen molar-refractivity contribution in [2.75, 3.05) is 13.2 Å². The minimum atomic E-state index is -0.763. The summed E-state index contributed by atoms with van der Waals surface area (Å²) in [7, 11) is 0. The summed E-state index contributed by atoms with van der Waals surface area (Å²) in [6.07, 6.45) is 0. The number of amides is 2. The van der Waals surface area contributed by atoms with Gasteiger partial charge in [0.05, 0.1) is 0 Å². The number of nitrogens with zero attached hydrogens (tertiary/aromatic N) is 1. The molecule has 0 bridgehead atoms. The highest BCUT2D eigenvalue weighted by atomic mass is 19.1. The lowest BCUT2D eigenvalue weighted by atomic mass is 10.1. The Morgan fingerprint density at radius 2 is 1.72 bits per heavy atom. The van der Waals surface area contributed by atoms with Gasteiger partial charge in [-0.25, -0.2) is 4.39 Å². The van der Waals surface area contributed by atoms with Gasteiger partial charge in [0.15, 0.2) is 6.61 Å². The number of aryl methyl sites for hydroxylation is 1. The third kappa shape index (κ3) is 6.59. The zero-order valence-electron chi connectivity index (χ0n) is 17.4. The van der Waals surface area contributed by atoms with Crippen LogP contribution >= 0.6 is 0 Å². The molecule has 2 amide bonds.